The standard InChI is InChI=1S/C20H17NO/c1-14(22)21(17-7-3-2-4-8-17)19-13-12-16-11-10-15-6-5-9-18(19)20(15)16/h2-9,12-13H,10-11H2,1H3. The Morgan fingerprint density at radius 2 is 1.59 bits per heavy atom. The zero-order valence-corrected chi connectivity index (χ0v) is 12.5. The van der Waals surface area contributed by atoms with Crippen LogP contribution in [0.5, 0.6) is 0 Å². The van der Waals surface area contributed by atoms with Crippen molar-refractivity contribution in [1.82, 2.24) is 0 Å². The lowest BCUT2D eigenvalue weighted by molar-refractivity contribution is -0.115. The number of para-hydroxylation sites is 1. The number of nitrogens with zero attached hydrogens (tertiary/aromatic N) is 1. The summed E-state index contributed by atoms with van der Waals surface area (Å²) in [5.74, 6) is 0.0323. The number of anilines is 2. The molecule has 22 heavy (non-hydrogen) atoms. The van der Waals surface area contributed by atoms with Gasteiger partial charge in [-0.2, -0.15) is 0 Å². The Hall–Kier alpha value is -2.61. The van der Waals surface area contributed by atoms with E-state index in [2.05, 4.69) is 30.3 Å². The molecule has 0 radical (unpaired) electrons. The van der Waals surface area contributed by atoms with Crippen molar-refractivity contribution in [2.24, 2.45) is 0 Å². The summed E-state index contributed by atoms with van der Waals surface area (Å²) in [5.41, 5.74) is 4.67. The van der Waals surface area contributed by atoms with Crippen molar-refractivity contribution in [1.29, 1.82) is 0 Å². The van der Waals surface area contributed by atoms with Crippen LogP contribution in [0.3, 0.4) is 0 Å². The van der Waals surface area contributed by atoms with Gasteiger partial charge < -0.3 is 0 Å². The Balaban J connectivity index is 1.99. The third kappa shape index (κ3) is 1.92. The highest BCUT2D eigenvalue weighted by Crippen LogP contribution is 2.38. The number of benzene rings is 3. The van der Waals surface area contributed by atoms with E-state index in [0.29, 0.717) is 0 Å². The SMILES string of the molecule is CC(=O)N(c1ccccc1)c1ccc2c3c(cccc13)CC2. The monoisotopic (exact) mass is 287 g/mol. The summed E-state index contributed by atoms with van der Waals surface area (Å²) in [6, 6.07) is 20.5. The second-order valence-corrected chi connectivity index (χ2v) is 5.77. The van der Waals surface area contributed by atoms with Crippen LogP contribution in [0.25, 0.3) is 10.8 Å². The second-order valence-electron chi connectivity index (χ2n) is 5.77. The molecule has 1 aliphatic rings. The van der Waals surface area contributed by atoms with E-state index in [1.165, 1.54) is 21.9 Å². The highest BCUT2D eigenvalue weighted by atomic mass is 16.2. The lowest BCUT2D eigenvalue weighted by Gasteiger charge is -2.23. The zero-order chi connectivity index (χ0) is 15.1. The van der Waals surface area contributed by atoms with Crippen molar-refractivity contribution in [3.8, 4) is 0 Å². The van der Waals surface area contributed by atoms with Crippen molar-refractivity contribution >= 4 is 28.1 Å². The molecule has 0 spiro atoms. The number of rotatable bonds is 2. The summed E-state index contributed by atoms with van der Waals surface area (Å²) in [6.45, 7) is 1.62. The van der Waals surface area contributed by atoms with E-state index in [1.807, 2.05) is 30.3 Å². The number of aryl methyl sites for hydroxylation is 2. The zero-order valence-electron chi connectivity index (χ0n) is 12.5. The molecule has 0 aliphatic heterocycles. The van der Waals surface area contributed by atoms with Crippen LogP contribution in [-0.2, 0) is 17.6 Å². The predicted octanol–water partition coefficient (Wildman–Crippen LogP) is 4.62. The molecule has 0 heterocycles. The van der Waals surface area contributed by atoms with Crippen molar-refractivity contribution in [2.45, 2.75) is 19.8 Å². The summed E-state index contributed by atoms with van der Waals surface area (Å²) in [6.07, 6.45) is 2.20. The molecule has 3 aromatic rings. The normalized spacial score (nSPS) is 12.6. The van der Waals surface area contributed by atoms with E-state index in [0.717, 1.165) is 24.2 Å². The van der Waals surface area contributed by atoms with Crippen molar-refractivity contribution in [3.05, 3.63) is 71.8 Å². The fourth-order valence-corrected chi connectivity index (χ4v) is 3.49. The fraction of sp³-hybridized carbons (Fsp3) is 0.150. The first-order chi connectivity index (χ1) is 10.8. The van der Waals surface area contributed by atoms with Crippen LogP contribution in [0.1, 0.15) is 18.1 Å². The average molecular weight is 287 g/mol. The first kappa shape index (κ1) is 13.1. The molecule has 0 saturated heterocycles. The minimum atomic E-state index is 0.0323. The molecule has 0 bridgehead atoms. The van der Waals surface area contributed by atoms with E-state index in [9.17, 15) is 4.79 Å². The van der Waals surface area contributed by atoms with Crippen LogP contribution in [0.15, 0.2) is 60.7 Å². The summed E-state index contributed by atoms with van der Waals surface area (Å²) in [5, 5.41) is 2.51. The Morgan fingerprint density at radius 1 is 0.864 bits per heavy atom. The summed E-state index contributed by atoms with van der Waals surface area (Å²) >= 11 is 0. The van der Waals surface area contributed by atoms with Crippen LogP contribution in [0, 0.1) is 0 Å². The average Bonchev–Trinajstić information content (AvgIpc) is 2.96. The Kier molecular flexibility index (Phi) is 2.97. The molecule has 1 amide bonds. The van der Waals surface area contributed by atoms with Gasteiger partial charge in [0.05, 0.1) is 5.69 Å². The van der Waals surface area contributed by atoms with Crippen LogP contribution < -0.4 is 4.90 Å². The van der Waals surface area contributed by atoms with Gasteiger partial charge >= 0.3 is 0 Å². The first-order valence-electron chi connectivity index (χ1n) is 7.65. The number of carbonyl (C=O) groups is 1. The Labute approximate surface area is 130 Å². The molecule has 1 aliphatic carbocycles. The van der Waals surface area contributed by atoms with Crippen LogP contribution >= 0.6 is 0 Å². The Morgan fingerprint density at radius 3 is 2.32 bits per heavy atom. The number of carbonyl (C=O) groups excluding carboxylic acids is 1. The number of hydrogen-bond acceptors (Lipinski definition) is 1. The van der Waals surface area contributed by atoms with Gasteiger partial charge in [-0.05, 0) is 47.6 Å². The van der Waals surface area contributed by atoms with E-state index < -0.39 is 0 Å². The van der Waals surface area contributed by atoms with Gasteiger partial charge in [-0.3, -0.25) is 9.69 Å². The van der Waals surface area contributed by atoms with Gasteiger partial charge in [-0.1, -0.05) is 42.5 Å². The van der Waals surface area contributed by atoms with Gasteiger partial charge in [0.25, 0.3) is 0 Å². The molecule has 2 heteroatoms. The van der Waals surface area contributed by atoms with Gasteiger partial charge in [0, 0.05) is 18.0 Å². The van der Waals surface area contributed by atoms with Crippen LogP contribution in [0.4, 0.5) is 11.4 Å². The molecule has 0 N–H and O–H groups in total. The lowest BCUT2D eigenvalue weighted by Crippen LogP contribution is -2.22. The number of amides is 1. The van der Waals surface area contributed by atoms with Crippen molar-refractivity contribution in [2.75, 3.05) is 4.90 Å². The van der Waals surface area contributed by atoms with Crippen LogP contribution in [-0.4, -0.2) is 5.91 Å². The highest BCUT2D eigenvalue weighted by Gasteiger charge is 2.21. The molecule has 0 unspecified atom stereocenters. The first-order valence-corrected chi connectivity index (χ1v) is 7.65. The largest absolute Gasteiger partial charge is 0.281 e. The van der Waals surface area contributed by atoms with Crippen LogP contribution in [0.2, 0.25) is 0 Å². The molecule has 4 rings (SSSR count). The van der Waals surface area contributed by atoms with Gasteiger partial charge in [0.2, 0.25) is 5.91 Å². The van der Waals surface area contributed by atoms with Crippen molar-refractivity contribution < 1.29 is 4.79 Å². The number of hydrogen-bond donors (Lipinski definition) is 0. The topological polar surface area (TPSA) is 20.3 Å². The fourth-order valence-electron chi connectivity index (χ4n) is 3.49. The lowest BCUT2D eigenvalue weighted by atomic mass is 10.0. The molecule has 2 nitrogen and oxygen atoms in total. The quantitative estimate of drug-likeness (QED) is 0.673. The van der Waals surface area contributed by atoms with E-state index in [4.69, 9.17) is 0 Å². The molecule has 0 atom stereocenters. The van der Waals surface area contributed by atoms with Gasteiger partial charge in [0.15, 0.2) is 0 Å². The minimum Gasteiger partial charge on any atom is -0.281 e. The summed E-state index contributed by atoms with van der Waals surface area (Å²) in [4.78, 5) is 14.1. The Bertz CT molecular complexity index is 857. The maximum absolute atomic E-state index is 12.3. The molecule has 0 saturated carbocycles. The summed E-state index contributed by atoms with van der Waals surface area (Å²) < 4.78 is 0. The second kappa shape index (κ2) is 4.99. The van der Waals surface area contributed by atoms with E-state index in [1.54, 1.807) is 11.8 Å². The van der Waals surface area contributed by atoms with Gasteiger partial charge in [0.1, 0.15) is 0 Å². The highest BCUT2D eigenvalue weighted by molar-refractivity contribution is 6.09. The smallest absolute Gasteiger partial charge is 0.228 e. The molecule has 0 fully saturated rings. The van der Waals surface area contributed by atoms with Gasteiger partial charge in [-0.15, -0.1) is 0 Å². The molecular formula is C20H17NO. The maximum atomic E-state index is 12.3. The third-order valence-electron chi connectivity index (χ3n) is 4.42. The maximum Gasteiger partial charge on any atom is 0.228 e. The van der Waals surface area contributed by atoms with Gasteiger partial charge in [-0.25, -0.2) is 0 Å². The predicted molar refractivity (Wildman–Crippen MR) is 90.6 cm³/mol. The van der Waals surface area contributed by atoms with Crippen molar-refractivity contribution in [3.63, 3.8) is 0 Å². The molecule has 108 valence electrons. The molecule has 3 aromatic carbocycles. The van der Waals surface area contributed by atoms with E-state index in [-0.39, 0.29) is 5.91 Å². The summed E-state index contributed by atoms with van der Waals surface area (Å²) in [7, 11) is 0. The third-order valence-corrected chi connectivity index (χ3v) is 4.42. The molecule has 0 aromatic heterocycles. The van der Waals surface area contributed by atoms with E-state index >= 15 is 0 Å². The molecular weight excluding hydrogens is 270 g/mol. The minimum absolute atomic E-state index is 0.0323.